The predicted octanol–water partition coefficient (Wildman–Crippen LogP) is 0.674. The molecule has 0 amide bonds. The van der Waals surface area contributed by atoms with E-state index in [4.69, 9.17) is 4.42 Å². The number of aromatic nitrogens is 1. The Bertz CT molecular complexity index is 286. The molecule has 0 radical (unpaired) electrons. The third kappa shape index (κ3) is 2.13. The van der Waals surface area contributed by atoms with Crippen LogP contribution in [0.3, 0.4) is 0 Å². The largest absolute Gasteiger partial charge is 0.448 e. The molecule has 14 heavy (non-hydrogen) atoms. The fourth-order valence-corrected chi connectivity index (χ4v) is 2.14. The van der Waals surface area contributed by atoms with E-state index in [9.17, 15) is 5.11 Å². The van der Waals surface area contributed by atoms with Crippen LogP contribution in [-0.2, 0) is 6.42 Å². The lowest BCUT2D eigenvalue weighted by Crippen LogP contribution is -2.47. The second-order valence-electron chi connectivity index (χ2n) is 4.21. The molecule has 1 saturated heterocycles. The van der Waals surface area contributed by atoms with Crippen LogP contribution in [-0.4, -0.2) is 40.7 Å². The lowest BCUT2D eigenvalue weighted by molar-refractivity contribution is -0.0257. The minimum atomic E-state index is -0.632. The average Bonchev–Trinajstić information content (AvgIpc) is 2.55. The number of hydrogen-bond donors (Lipinski definition) is 1. The summed E-state index contributed by atoms with van der Waals surface area (Å²) in [4.78, 5) is 6.00. The van der Waals surface area contributed by atoms with Crippen LogP contribution in [0.15, 0.2) is 17.0 Å². The Morgan fingerprint density at radius 3 is 3.21 bits per heavy atom. The lowest BCUT2D eigenvalue weighted by Gasteiger charge is -2.36. The van der Waals surface area contributed by atoms with Crippen molar-refractivity contribution in [2.75, 3.05) is 20.1 Å². The van der Waals surface area contributed by atoms with E-state index in [0.29, 0.717) is 13.0 Å². The summed E-state index contributed by atoms with van der Waals surface area (Å²) >= 11 is 0. The second kappa shape index (κ2) is 3.71. The Kier molecular flexibility index (Phi) is 2.56. The summed E-state index contributed by atoms with van der Waals surface area (Å²) in [6.45, 7) is 1.78. The molecule has 0 spiro atoms. The molecule has 2 heterocycles. The molecule has 1 fully saturated rings. The first-order valence-corrected chi connectivity index (χ1v) is 4.96. The number of likely N-dealkylation sites (tertiary alicyclic amines) is 1. The highest BCUT2D eigenvalue weighted by Gasteiger charge is 2.32. The number of hydrogen-bond acceptors (Lipinski definition) is 4. The van der Waals surface area contributed by atoms with Gasteiger partial charge in [0, 0.05) is 13.0 Å². The summed E-state index contributed by atoms with van der Waals surface area (Å²) in [5.74, 6) is 0.766. The van der Waals surface area contributed by atoms with Crippen molar-refractivity contribution >= 4 is 0 Å². The summed E-state index contributed by atoms with van der Waals surface area (Å²) in [7, 11) is 2.03. The number of rotatable bonds is 2. The smallest absolute Gasteiger partial charge is 0.180 e. The Balaban J connectivity index is 2.01. The number of piperidine rings is 1. The van der Waals surface area contributed by atoms with Crippen LogP contribution in [0.2, 0.25) is 0 Å². The van der Waals surface area contributed by atoms with Gasteiger partial charge in [-0.3, -0.25) is 0 Å². The Hall–Kier alpha value is -0.870. The van der Waals surface area contributed by atoms with Crippen molar-refractivity contribution in [3.63, 3.8) is 0 Å². The van der Waals surface area contributed by atoms with Crippen molar-refractivity contribution in [2.24, 2.45) is 0 Å². The van der Waals surface area contributed by atoms with Gasteiger partial charge in [0.2, 0.25) is 0 Å². The average molecular weight is 196 g/mol. The highest BCUT2D eigenvalue weighted by atomic mass is 16.3. The first-order valence-electron chi connectivity index (χ1n) is 4.96. The molecular formula is C10H16N2O2. The first-order chi connectivity index (χ1) is 6.68. The van der Waals surface area contributed by atoms with Gasteiger partial charge in [-0.25, -0.2) is 4.98 Å². The zero-order valence-electron chi connectivity index (χ0n) is 8.44. The van der Waals surface area contributed by atoms with Crippen molar-refractivity contribution < 1.29 is 9.52 Å². The van der Waals surface area contributed by atoms with Crippen LogP contribution in [0, 0.1) is 0 Å². The molecule has 1 aromatic heterocycles. The van der Waals surface area contributed by atoms with Gasteiger partial charge >= 0.3 is 0 Å². The Morgan fingerprint density at radius 1 is 1.71 bits per heavy atom. The molecule has 1 aliphatic rings. The predicted molar refractivity (Wildman–Crippen MR) is 51.9 cm³/mol. The lowest BCUT2D eigenvalue weighted by atomic mass is 9.89. The summed E-state index contributed by atoms with van der Waals surface area (Å²) in [6.07, 6.45) is 5.54. The maximum absolute atomic E-state index is 10.3. The minimum Gasteiger partial charge on any atom is -0.448 e. The van der Waals surface area contributed by atoms with Crippen LogP contribution in [0.5, 0.6) is 0 Å². The highest BCUT2D eigenvalue weighted by molar-refractivity contribution is 4.99. The van der Waals surface area contributed by atoms with Gasteiger partial charge < -0.3 is 14.4 Å². The molecule has 0 aromatic carbocycles. The standard InChI is InChI=1S/C10H16N2O2/c1-12-4-2-3-10(13,7-12)5-9-6-11-8-14-9/h6,8,13H,2-5,7H2,1H3. The maximum atomic E-state index is 10.3. The van der Waals surface area contributed by atoms with Gasteiger partial charge in [0.1, 0.15) is 5.76 Å². The molecule has 1 N–H and O–H groups in total. The van der Waals surface area contributed by atoms with E-state index in [2.05, 4.69) is 9.88 Å². The number of oxazole rings is 1. The zero-order valence-corrected chi connectivity index (χ0v) is 8.44. The van der Waals surface area contributed by atoms with Crippen molar-refractivity contribution in [3.05, 3.63) is 18.4 Å². The Labute approximate surface area is 83.5 Å². The minimum absolute atomic E-state index is 0.567. The molecule has 1 atom stereocenters. The van der Waals surface area contributed by atoms with Crippen LogP contribution >= 0.6 is 0 Å². The van der Waals surface area contributed by atoms with Gasteiger partial charge in [0.25, 0.3) is 0 Å². The van der Waals surface area contributed by atoms with E-state index >= 15 is 0 Å². The quantitative estimate of drug-likeness (QED) is 0.755. The topological polar surface area (TPSA) is 49.5 Å². The second-order valence-corrected chi connectivity index (χ2v) is 4.21. The van der Waals surface area contributed by atoms with Crippen molar-refractivity contribution in [1.29, 1.82) is 0 Å². The molecule has 1 unspecified atom stereocenters. The Morgan fingerprint density at radius 2 is 2.57 bits per heavy atom. The van der Waals surface area contributed by atoms with Gasteiger partial charge in [0.05, 0.1) is 11.8 Å². The highest BCUT2D eigenvalue weighted by Crippen LogP contribution is 2.24. The monoisotopic (exact) mass is 196 g/mol. The third-order valence-corrected chi connectivity index (χ3v) is 2.73. The van der Waals surface area contributed by atoms with Crippen LogP contribution in [0.25, 0.3) is 0 Å². The van der Waals surface area contributed by atoms with Crippen molar-refractivity contribution in [2.45, 2.75) is 24.9 Å². The van der Waals surface area contributed by atoms with Gasteiger partial charge in [-0.15, -0.1) is 0 Å². The van der Waals surface area contributed by atoms with Gasteiger partial charge in [-0.2, -0.15) is 0 Å². The zero-order chi connectivity index (χ0) is 10.0. The number of aliphatic hydroxyl groups is 1. The number of nitrogens with zero attached hydrogens (tertiary/aromatic N) is 2. The molecule has 4 heteroatoms. The third-order valence-electron chi connectivity index (χ3n) is 2.73. The molecule has 1 aliphatic heterocycles. The maximum Gasteiger partial charge on any atom is 0.180 e. The van der Waals surface area contributed by atoms with E-state index in [1.54, 1.807) is 6.20 Å². The fourth-order valence-electron chi connectivity index (χ4n) is 2.14. The van der Waals surface area contributed by atoms with Crippen LogP contribution in [0.4, 0.5) is 0 Å². The van der Waals surface area contributed by atoms with Crippen molar-refractivity contribution in [1.82, 2.24) is 9.88 Å². The molecule has 0 aliphatic carbocycles. The van der Waals surface area contributed by atoms with E-state index < -0.39 is 5.60 Å². The van der Waals surface area contributed by atoms with E-state index in [1.807, 2.05) is 7.05 Å². The molecule has 78 valence electrons. The molecule has 0 saturated carbocycles. The van der Waals surface area contributed by atoms with Gasteiger partial charge in [-0.05, 0) is 26.4 Å². The summed E-state index contributed by atoms with van der Waals surface area (Å²) < 4.78 is 5.15. The normalized spacial score (nSPS) is 29.3. The number of β-amino-alcohol motifs (C(OH)–C–C–N with tert-alkyl or cyclic N) is 1. The molecule has 4 nitrogen and oxygen atoms in total. The van der Waals surface area contributed by atoms with Gasteiger partial charge in [0.15, 0.2) is 6.39 Å². The van der Waals surface area contributed by atoms with Gasteiger partial charge in [-0.1, -0.05) is 0 Å². The molecular weight excluding hydrogens is 180 g/mol. The summed E-state index contributed by atoms with van der Waals surface area (Å²) in [6, 6.07) is 0. The molecule has 1 aromatic rings. The fraction of sp³-hybridized carbons (Fsp3) is 0.700. The van der Waals surface area contributed by atoms with E-state index in [-0.39, 0.29) is 0 Å². The van der Waals surface area contributed by atoms with Crippen molar-refractivity contribution in [3.8, 4) is 0 Å². The SMILES string of the molecule is CN1CCCC(O)(Cc2cnco2)C1. The summed E-state index contributed by atoms with van der Waals surface area (Å²) in [5.41, 5.74) is -0.632. The summed E-state index contributed by atoms with van der Waals surface area (Å²) in [5, 5.41) is 10.3. The number of likely N-dealkylation sites (N-methyl/N-ethyl adjacent to an activating group) is 1. The van der Waals surface area contributed by atoms with Crippen LogP contribution in [0.1, 0.15) is 18.6 Å². The van der Waals surface area contributed by atoms with Crippen LogP contribution < -0.4 is 0 Å². The van der Waals surface area contributed by atoms with E-state index in [1.165, 1.54) is 6.39 Å². The first kappa shape index (κ1) is 9.68. The molecule has 0 bridgehead atoms. The van der Waals surface area contributed by atoms with E-state index in [0.717, 1.165) is 25.1 Å². The molecule has 2 rings (SSSR count).